The largest absolute Gasteiger partial charge is 0.488 e. The molecule has 1 aliphatic rings. The van der Waals surface area contributed by atoms with Crippen molar-refractivity contribution in [3.8, 4) is 5.75 Å². The number of nitrogen functional groups attached to an aromatic ring is 1. The molecule has 0 atom stereocenters. The lowest BCUT2D eigenvalue weighted by atomic mass is 10.3. The van der Waals surface area contributed by atoms with Crippen LogP contribution < -0.4 is 10.5 Å². The Balaban J connectivity index is 2.23. The molecule has 0 unspecified atom stereocenters. The lowest BCUT2D eigenvalue weighted by Crippen LogP contribution is -2.00. The van der Waals surface area contributed by atoms with Crippen molar-refractivity contribution in [3.05, 3.63) is 21.8 Å². The van der Waals surface area contributed by atoms with Crippen molar-refractivity contribution in [2.75, 3.05) is 5.73 Å². The van der Waals surface area contributed by atoms with Crippen LogP contribution in [0.15, 0.2) is 18.2 Å². The molecule has 0 aliphatic heterocycles. The molecule has 1 aromatic rings. The lowest BCUT2D eigenvalue weighted by molar-refractivity contribution is 0.305. The highest BCUT2D eigenvalue weighted by Crippen LogP contribution is 2.32. The summed E-state index contributed by atoms with van der Waals surface area (Å²) in [7, 11) is 0. The van der Waals surface area contributed by atoms with Gasteiger partial charge in [-0.1, -0.05) is 6.07 Å². The Morgan fingerprint density at radius 3 is 2.83 bits per heavy atom. The SMILES string of the molecule is Nc1c(I)cccc1OC1CC1. The summed E-state index contributed by atoms with van der Waals surface area (Å²) in [5, 5.41) is 0. The van der Waals surface area contributed by atoms with E-state index in [4.69, 9.17) is 10.5 Å². The van der Waals surface area contributed by atoms with Gasteiger partial charge in [-0.15, -0.1) is 0 Å². The van der Waals surface area contributed by atoms with Crippen molar-refractivity contribution in [1.82, 2.24) is 0 Å². The van der Waals surface area contributed by atoms with Gasteiger partial charge in [0.15, 0.2) is 0 Å². The minimum absolute atomic E-state index is 0.422. The predicted octanol–water partition coefficient (Wildman–Crippen LogP) is 2.41. The molecule has 3 heteroatoms. The third kappa shape index (κ3) is 1.65. The molecule has 0 spiro atoms. The third-order valence-electron chi connectivity index (χ3n) is 1.83. The molecule has 64 valence electrons. The van der Waals surface area contributed by atoms with Crippen molar-refractivity contribution >= 4 is 28.3 Å². The molecule has 0 radical (unpaired) electrons. The van der Waals surface area contributed by atoms with Gasteiger partial charge in [-0.3, -0.25) is 0 Å². The number of halogens is 1. The Labute approximate surface area is 85.2 Å². The number of rotatable bonds is 2. The smallest absolute Gasteiger partial charge is 0.143 e. The normalized spacial score (nSPS) is 16.1. The van der Waals surface area contributed by atoms with E-state index in [2.05, 4.69) is 22.6 Å². The predicted molar refractivity (Wildman–Crippen MR) is 57.2 cm³/mol. The maximum atomic E-state index is 5.83. The Kier molecular flexibility index (Phi) is 2.12. The van der Waals surface area contributed by atoms with Crippen LogP contribution in [0.5, 0.6) is 5.75 Å². The monoisotopic (exact) mass is 275 g/mol. The van der Waals surface area contributed by atoms with Crippen molar-refractivity contribution in [1.29, 1.82) is 0 Å². The van der Waals surface area contributed by atoms with Gasteiger partial charge in [0.1, 0.15) is 5.75 Å². The molecule has 0 amide bonds. The molecular formula is C9H10INO. The summed E-state index contributed by atoms with van der Waals surface area (Å²) in [6.45, 7) is 0. The highest BCUT2D eigenvalue weighted by molar-refractivity contribution is 14.1. The Morgan fingerprint density at radius 2 is 2.17 bits per heavy atom. The van der Waals surface area contributed by atoms with Gasteiger partial charge < -0.3 is 10.5 Å². The summed E-state index contributed by atoms with van der Waals surface area (Å²) in [4.78, 5) is 0. The van der Waals surface area contributed by atoms with Gasteiger partial charge in [-0.25, -0.2) is 0 Å². The molecule has 2 N–H and O–H groups in total. The maximum Gasteiger partial charge on any atom is 0.143 e. The Hall–Kier alpha value is -0.450. The second-order valence-electron chi connectivity index (χ2n) is 2.97. The number of benzene rings is 1. The zero-order valence-corrected chi connectivity index (χ0v) is 8.74. The van der Waals surface area contributed by atoms with Crippen LogP contribution in [-0.2, 0) is 0 Å². The van der Waals surface area contributed by atoms with Crippen molar-refractivity contribution in [2.24, 2.45) is 0 Å². The molecular weight excluding hydrogens is 265 g/mol. The molecule has 1 aliphatic carbocycles. The van der Waals surface area contributed by atoms with Gasteiger partial charge >= 0.3 is 0 Å². The van der Waals surface area contributed by atoms with E-state index in [1.807, 2.05) is 18.2 Å². The van der Waals surface area contributed by atoms with E-state index in [0.29, 0.717) is 6.10 Å². The minimum atomic E-state index is 0.422. The fourth-order valence-electron chi connectivity index (χ4n) is 0.985. The van der Waals surface area contributed by atoms with Crippen molar-refractivity contribution in [3.63, 3.8) is 0 Å². The molecule has 2 nitrogen and oxygen atoms in total. The highest BCUT2D eigenvalue weighted by Gasteiger charge is 2.24. The van der Waals surface area contributed by atoms with Crippen molar-refractivity contribution < 1.29 is 4.74 Å². The molecule has 2 rings (SSSR count). The van der Waals surface area contributed by atoms with Crippen LogP contribution in [0.4, 0.5) is 5.69 Å². The van der Waals surface area contributed by atoms with Crippen LogP contribution in [0.25, 0.3) is 0 Å². The average molecular weight is 275 g/mol. The minimum Gasteiger partial charge on any atom is -0.488 e. The fraction of sp³-hybridized carbons (Fsp3) is 0.333. The molecule has 1 fully saturated rings. The van der Waals surface area contributed by atoms with Crippen LogP contribution in [0.2, 0.25) is 0 Å². The molecule has 1 aromatic carbocycles. The van der Waals surface area contributed by atoms with E-state index in [0.717, 1.165) is 15.0 Å². The maximum absolute atomic E-state index is 5.83. The molecule has 1 saturated carbocycles. The summed E-state index contributed by atoms with van der Waals surface area (Å²) in [5.41, 5.74) is 6.59. The topological polar surface area (TPSA) is 35.2 Å². The van der Waals surface area contributed by atoms with Gasteiger partial charge in [0, 0.05) is 3.57 Å². The number of hydrogen-bond acceptors (Lipinski definition) is 2. The molecule has 0 heterocycles. The van der Waals surface area contributed by atoms with Gasteiger partial charge in [0.25, 0.3) is 0 Å². The first-order valence-corrected chi connectivity index (χ1v) is 5.06. The highest BCUT2D eigenvalue weighted by atomic mass is 127. The van der Waals surface area contributed by atoms with E-state index in [1.54, 1.807) is 0 Å². The van der Waals surface area contributed by atoms with E-state index >= 15 is 0 Å². The van der Waals surface area contributed by atoms with Gasteiger partial charge in [0.05, 0.1) is 11.8 Å². The van der Waals surface area contributed by atoms with Crippen LogP contribution in [0.1, 0.15) is 12.8 Å². The Morgan fingerprint density at radius 1 is 1.42 bits per heavy atom. The summed E-state index contributed by atoms with van der Waals surface area (Å²) < 4.78 is 6.67. The number of ether oxygens (including phenoxy) is 1. The van der Waals surface area contributed by atoms with Gasteiger partial charge in [-0.05, 0) is 47.6 Å². The lowest BCUT2D eigenvalue weighted by Gasteiger charge is -2.07. The molecule has 0 aromatic heterocycles. The van der Waals surface area contributed by atoms with E-state index < -0.39 is 0 Å². The molecule has 0 saturated heterocycles. The number of anilines is 1. The molecule has 12 heavy (non-hydrogen) atoms. The van der Waals surface area contributed by atoms with E-state index in [9.17, 15) is 0 Å². The number of para-hydroxylation sites is 1. The first kappa shape index (κ1) is 8.16. The zero-order chi connectivity index (χ0) is 8.55. The quantitative estimate of drug-likeness (QED) is 0.664. The van der Waals surface area contributed by atoms with Gasteiger partial charge in [0.2, 0.25) is 0 Å². The van der Waals surface area contributed by atoms with Crippen LogP contribution >= 0.6 is 22.6 Å². The zero-order valence-electron chi connectivity index (χ0n) is 6.59. The number of hydrogen-bond donors (Lipinski definition) is 1. The number of nitrogens with two attached hydrogens (primary N) is 1. The summed E-state index contributed by atoms with van der Waals surface area (Å²) in [6, 6.07) is 5.88. The first-order valence-electron chi connectivity index (χ1n) is 3.98. The second kappa shape index (κ2) is 3.12. The second-order valence-corrected chi connectivity index (χ2v) is 4.13. The fourth-order valence-corrected chi connectivity index (χ4v) is 1.46. The van der Waals surface area contributed by atoms with Crippen LogP contribution in [0, 0.1) is 3.57 Å². The van der Waals surface area contributed by atoms with Crippen LogP contribution in [-0.4, -0.2) is 6.10 Å². The van der Waals surface area contributed by atoms with Crippen LogP contribution in [0.3, 0.4) is 0 Å². The summed E-state index contributed by atoms with van der Waals surface area (Å²) in [6.07, 6.45) is 2.76. The summed E-state index contributed by atoms with van der Waals surface area (Å²) >= 11 is 2.21. The first-order chi connectivity index (χ1) is 5.77. The third-order valence-corrected chi connectivity index (χ3v) is 2.77. The molecule has 0 bridgehead atoms. The van der Waals surface area contributed by atoms with Crippen molar-refractivity contribution in [2.45, 2.75) is 18.9 Å². The summed E-state index contributed by atoms with van der Waals surface area (Å²) in [5.74, 6) is 0.837. The van der Waals surface area contributed by atoms with E-state index in [-0.39, 0.29) is 0 Å². The Bertz CT molecular complexity index is 297. The van der Waals surface area contributed by atoms with E-state index in [1.165, 1.54) is 12.8 Å². The van der Waals surface area contributed by atoms with Gasteiger partial charge in [-0.2, -0.15) is 0 Å². The average Bonchev–Trinajstić information content (AvgIpc) is 2.83. The standard InChI is InChI=1S/C9H10INO/c10-7-2-1-3-8(9(7)11)12-6-4-5-6/h1-3,6H,4-5,11H2.